The fraction of sp³-hybridized carbons (Fsp3) is 0.107. The zero-order chi connectivity index (χ0) is 27.0. The number of allylic oxidation sites excluding steroid dienone is 1. The van der Waals surface area contributed by atoms with Crippen LogP contribution in [0.15, 0.2) is 96.7 Å². The summed E-state index contributed by atoms with van der Waals surface area (Å²) < 4.78 is 8.57. The molecule has 10 heteroatoms. The highest BCUT2D eigenvalue weighted by molar-refractivity contribution is 9.11. The predicted molar refractivity (Wildman–Crippen MR) is 155 cm³/mol. The number of methoxy groups -OCH3 is 1. The monoisotopic (exact) mass is 653 g/mol. The van der Waals surface area contributed by atoms with E-state index >= 15 is 0 Å². The Morgan fingerprint density at radius 2 is 1.89 bits per heavy atom. The molecule has 0 unspecified atom stereocenters. The Hall–Kier alpha value is -3.47. The fourth-order valence-electron chi connectivity index (χ4n) is 4.30. The number of aromatic hydroxyl groups is 1. The van der Waals surface area contributed by atoms with Gasteiger partial charge in [0, 0.05) is 15.7 Å². The molecule has 0 spiro atoms. The second-order valence-electron chi connectivity index (χ2n) is 8.50. The van der Waals surface area contributed by atoms with Gasteiger partial charge < -0.3 is 15.2 Å². The first-order chi connectivity index (χ1) is 18.3. The Labute approximate surface area is 238 Å². The van der Waals surface area contributed by atoms with Crippen LogP contribution in [0.2, 0.25) is 0 Å². The van der Waals surface area contributed by atoms with Crippen molar-refractivity contribution in [2.45, 2.75) is 13.0 Å². The largest absolute Gasteiger partial charge is 0.506 e. The summed E-state index contributed by atoms with van der Waals surface area (Å²) in [5.41, 5.74) is 2.34. The van der Waals surface area contributed by atoms with E-state index in [1.165, 1.54) is 15.9 Å². The van der Waals surface area contributed by atoms with Crippen molar-refractivity contribution in [3.8, 4) is 11.5 Å². The summed E-state index contributed by atoms with van der Waals surface area (Å²) in [5, 5.41) is 13.5. The first-order valence-electron chi connectivity index (χ1n) is 11.5. The van der Waals surface area contributed by atoms with Gasteiger partial charge in [-0.3, -0.25) is 14.2 Å². The number of thiazole rings is 1. The van der Waals surface area contributed by atoms with Crippen LogP contribution < -0.4 is 24.9 Å². The van der Waals surface area contributed by atoms with Crippen LogP contribution >= 0.6 is 43.2 Å². The molecular formula is C28H21Br2N3O4S. The number of nitrogens with one attached hydrogen (secondary N) is 1. The predicted octanol–water partition coefficient (Wildman–Crippen LogP) is 5.11. The number of rotatable bonds is 5. The molecule has 4 aromatic rings. The third-order valence-electron chi connectivity index (χ3n) is 6.05. The number of phenols is 1. The van der Waals surface area contributed by atoms with Crippen molar-refractivity contribution in [1.82, 2.24) is 4.57 Å². The van der Waals surface area contributed by atoms with Crippen molar-refractivity contribution in [3.63, 3.8) is 0 Å². The molecule has 0 radical (unpaired) electrons. The molecule has 1 aromatic heterocycles. The van der Waals surface area contributed by atoms with Gasteiger partial charge in [-0.2, -0.15) is 0 Å². The molecule has 1 amide bonds. The minimum Gasteiger partial charge on any atom is -0.506 e. The Balaban J connectivity index is 1.71. The van der Waals surface area contributed by atoms with Crippen LogP contribution in [0.1, 0.15) is 24.1 Å². The highest BCUT2D eigenvalue weighted by Gasteiger charge is 2.32. The number of phenolic OH excluding ortho intramolecular Hbond substituents is 1. The minimum absolute atomic E-state index is 0.0162. The maximum atomic E-state index is 13.9. The molecule has 2 heterocycles. The van der Waals surface area contributed by atoms with Crippen molar-refractivity contribution < 1.29 is 14.6 Å². The Kier molecular flexibility index (Phi) is 7.38. The summed E-state index contributed by atoms with van der Waals surface area (Å²) >= 11 is 7.96. The van der Waals surface area contributed by atoms with Gasteiger partial charge in [0.1, 0.15) is 11.5 Å². The molecule has 2 N–H and O–H groups in total. The van der Waals surface area contributed by atoms with Crippen LogP contribution in [-0.2, 0) is 4.79 Å². The van der Waals surface area contributed by atoms with Crippen molar-refractivity contribution in [2.24, 2.45) is 4.99 Å². The third-order valence-corrected chi connectivity index (χ3v) is 8.10. The van der Waals surface area contributed by atoms with E-state index in [1.807, 2.05) is 36.4 Å². The van der Waals surface area contributed by atoms with Gasteiger partial charge in [-0.1, -0.05) is 57.6 Å². The number of aromatic nitrogens is 1. The second kappa shape index (κ2) is 10.7. The van der Waals surface area contributed by atoms with Gasteiger partial charge in [0.15, 0.2) is 4.80 Å². The molecule has 0 saturated carbocycles. The van der Waals surface area contributed by atoms with E-state index in [2.05, 4.69) is 42.2 Å². The average Bonchev–Trinajstić information content (AvgIpc) is 3.20. The molecule has 0 aliphatic carbocycles. The highest BCUT2D eigenvalue weighted by Crippen LogP contribution is 2.33. The van der Waals surface area contributed by atoms with E-state index in [9.17, 15) is 14.7 Å². The Bertz CT molecular complexity index is 1780. The van der Waals surface area contributed by atoms with Gasteiger partial charge in [-0.05, 0) is 70.9 Å². The number of halogens is 2. The first-order valence-corrected chi connectivity index (χ1v) is 13.9. The quantitative estimate of drug-likeness (QED) is 0.313. The van der Waals surface area contributed by atoms with Gasteiger partial charge in [-0.25, -0.2) is 4.99 Å². The van der Waals surface area contributed by atoms with E-state index in [0.717, 1.165) is 4.47 Å². The van der Waals surface area contributed by atoms with Crippen LogP contribution in [-0.4, -0.2) is 22.7 Å². The summed E-state index contributed by atoms with van der Waals surface area (Å²) in [4.78, 5) is 32.6. The fourth-order valence-corrected chi connectivity index (χ4v) is 6.59. The number of benzene rings is 3. The van der Waals surface area contributed by atoms with Crippen molar-refractivity contribution in [1.29, 1.82) is 0 Å². The molecule has 38 heavy (non-hydrogen) atoms. The van der Waals surface area contributed by atoms with Crippen LogP contribution in [0.3, 0.4) is 0 Å². The van der Waals surface area contributed by atoms with Gasteiger partial charge in [0.25, 0.3) is 11.5 Å². The number of fused-ring (bicyclic) bond motifs is 1. The molecule has 5 rings (SSSR count). The number of nitrogens with zero attached hydrogens (tertiary/aromatic N) is 2. The topological polar surface area (TPSA) is 92.9 Å². The number of anilines is 1. The number of hydrogen-bond acceptors (Lipinski definition) is 6. The zero-order valence-corrected chi connectivity index (χ0v) is 24.2. The number of para-hydroxylation sites is 1. The summed E-state index contributed by atoms with van der Waals surface area (Å²) in [6.07, 6.45) is 1.63. The van der Waals surface area contributed by atoms with E-state index in [0.29, 0.717) is 47.6 Å². The van der Waals surface area contributed by atoms with Crippen molar-refractivity contribution in [3.05, 3.63) is 118 Å². The normalized spacial score (nSPS) is 15.2. The maximum absolute atomic E-state index is 13.9. The van der Waals surface area contributed by atoms with Crippen LogP contribution in [0.5, 0.6) is 11.5 Å². The Morgan fingerprint density at radius 3 is 2.63 bits per heavy atom. The molecule has 1 aliphatic heterocycles. The van der Waals surface area contributed by atoms with E-state index < -0.39 is 6.04 Å². The summed E-state index contributed by atoms with van der Waals surface area (Å²) in [6, 6.07) is 19.1. The minimum atomic E-state index is -0.741. The zero-order valence-electron chi connectivity index (χ0n) is 20.2. The Morgan fingerprint density at radius 1 is 1.13 bits per heavy atom. The summed E-state index contributed by atoms with van der Waals surface area (Å²) in [7, 11) is 1.57. The van der Waals surface area contributed by atoms with Gasteiger partial charge >= 0.3 is 0 Å². The summed E-state index contributed by atoms with van der Waals surface area (Å²) in [5.74, 6) is 0.265. The van der Waals surface area contributed by atoms with Crippen LogP contribution in [0.25, 0.3) is 6.08 Å². The SMILES string of the molecule is COc1cccc([C@@H]2C(C(=O)Nc3ccccc3)=C(C)N=c3s/c(=C\c4cc(Br)cc(Br)c4O)c(=O)n32)c1. The van der Waals surface area contributed by atoms with Gasteiger partial charge in [0.2, 0.25) is 0 Å². The lowest BCUT2D eigenvalue weighted by Gasteiger charge is -2.25. The molecule has 3 aromatic carbocycles. The van der Waals surface area contributed by atoms with Gasteiger partial charge in [-0.15, -0.1) is 0 Å². The van der Waals surface area contributed by atoms with Crippen LogP contribution in [0.4, 0.5) is 5.69 Å². The lowest BCUT2D eigenvalue weighted by molar-refractivity contribution is -0.113. The van der Waals surface area contributed by atoms with Crippen molar-refractivity contribution in [2.75, 3.05) is 12.4 Å². The number of hydrogen-bond donors (Lipinski definition) is 2. The lowest BCUT2D eigenvalue weighted by Crippen LogP contribution is -2.40. The third kappa shape index (κ3) is 4.99. The number of carbonyl (C=O) groups is 1. The van der Waals surface area contributed by atoms with E-state index in [-0.39, 0.29) is 17.2 Å². The first kappa shape index (κ1) is 26.1. The standard InChI is InChI=1S/C28H21Br2N3O4S/c1-15-23(26(35)32-19-8-4-3-5-9-19)24(16-7-6-10-20(12-16)37-2)33-27(36)22(38-28(33)31-15)13-17-11-18(29)14-21(30)25(17)34/h3-14,24,34H,1-2H3,(H,32,35)/b22-13-/t24-/m1/s1. The average molecular weight is 655 g/mol. The van der Waals surface area contributed by atoms with Crippen molar-refractivity contribution >= 4 is 60.9 Å². The smallest absolute Gasteiger partial charge is 0.271 e. The van der Waals surface area contributed by atoms with E-state index in [4.69, 9.17) is 4.74 Å². The molecular weight excluding hydrogens is 634 g/mol. The number of amides is 1. The molecule has 1 aliphatic rings. The van der Waals surface area contributed by atoms with Gasteiger partial charge in [0.05, 0.1) is 33.4 Å². The molecule has 192 valence electrons. The molecule has 0 fully saturated rings. The molecule has 0 saturated heterocycles. The molecule has 0 bridgehead atoms. The maximum Gasteiger partial charge on any atom is 0.271 e. The van der Waals surface area contributed by atoms with Crippen LogP contribution in [0, 0.1) is 0 Å². The second-order valence-corrected chi connectivity index (χ2v) is 11.3. The molecule has 1 atom stereocenters. The summed E-state index contributed by atoms with van der Waals surface area (Å²) in [6.45, 7) is 1.77. The molecule has 7 nitrogen and oxygen atoms in total. The lowest BCUT2D eigenvalue weighted by atomic mass is 9.95. The highest BCUT2D eigenvalue weighted by atomic mass is 79.9. The number of ether oxygens (including phenoxy) is 1. The number of carbonyl (C=O) groups excluding carboxylic acids is 1. The van der Waals surface area contributed by atoms with E-state index in [1.54, 1.807) is 50.4 Å².